The minimum Gasteiger partial charge on any atom is -0.368 e. The molecule has 2 aromatic rings. The molecule has 2 aromatic heterocycles. The van der Waals surface area contributed by atoms with E-state index in [0.717, 1.165) is 48.9 Å². The van der Waals surface area contributed by atoms with Crippen molar-refractivity contribution < 1.29 is 4.79 Å². The van der Waals surface area contributed by atoms with Gasteiger partial charge in [-0.2, -0.15) is 10.2 Å². The molecule has 0 atom stereocenters. The smallest absolute Gasteiger partial charge is 0.259 e. The van der Waals surface area contributed by atoms with Crippen LogP contribution in [0.1, 0.15) is 35.1 Å². The van der Waals surface area contributed by atoms with Crippen molar-refractivity contribution in [2.24, 2.45) is 0 Å². The number of amides is 1. The molecule has 0 spiro atoms. The summed E-state index contributed by atoms with van der Waals surface area (Å²) in [6.07, 6.45) is 2.74. The Morgan fingerprint density at radius 3 is 3.00 bits per heavy atom. The summed E-state index contributed by atoms with van der Waals surface area (Å²) in [5, 5.41) is 14.9. The molecule has 0 fully saturated rings. The molecule has 112 valence electrons. The molecule has 1 aliphatic heterocycles. The molecule has 3 rings (SSSR count). The van der Waals surface area contributed by atoms with Crippen molar-refractivity contribution in [1.82, 2.24) is 19.6 Å². The van der Waals surface area contributed by atoms with Crippen molar-refractivity contribution in [3.63, 3.8) is 0 Å². The first-order valence-corrected chi connectivity index (χ1v) is 7.26. The average Bonchev–Trinajstić information content (AvgIpc) is 3.00. The Bertz CT molecular complexity index is 684. The zero-order chi connectivity index (χ0) is 15.0. The number of nitrogens with one attached hydrogen (secondary N) is 2. The quantitative estimate of drug-likeness (QED) is 0.902. The average molecular weight is 288 g/mol. The Kier molecular flexibility index (Phi) is 3.40. The van der Waals surface area contributed by atoms with Crippen molar-refractivity contribution in [1.29, 1.82) is 0 Å². The zero-order valence-corrected chi connectivity index (χ0v) is 12.6. The van der Waals surface area contributed by atoms with Crippen LogP contribution in [0.3, 0.4) is 0 Å². The van der Waals surface area contributed by atoms with Crippen LogP contribution < -0.4 is 10.6 Å². The lowest BCUT2D eigenvalue weighted by molar-refractivity contribution is 0.102. The van der Waals surface area contributed by atoms with Crippen LogP contribution in [0.25, 0.3) is 0 Å². The number of rotatable bonds is 3. The van der Waals surface area contributed by atoms with Crippen LogP contribution in [0.4, 0.5) is 11.5 Å². The van der Waals surface area contributed by atoms with E-state index >= 15 is 0 Å². The molecule has 1 amide bonds. The predicted molar refractivity (Wildman–Crippen MR) is 80.7 cm³/mol. The number of carbonyl (C=O) groups is 1. The summed E-state index contributed by atoms with van der Waals surface area (Å²) >= 11 is 0. The third kappa shape index (κ3) is 2.28. The van der Waals surface area contributed by atoms with Gasteiger partial charge >= 0.3 is 0 Å². The summed E-state index contributed by atoms with van der Waals surface area (Å²) in [4.78, 5) is 12.5. The molecule has 7 nitrogen and oxygen atoms in total. The molecular formula is C14H20N6O. The van der Waals surface area contributed by atoms with Gasteiger partial charge < -0.3 is 10.6 Å². The molecule has 0 aromatic carbocycles. The third-order valence-corrected chi connectivity index (χ3v) is 3.83. The Labute approximate surface area is 123 Å². The fourth-order valence-electron chi connectivity index (χ4n) is 2.79. The fraction of sp³-hybridized carbons (Fsp3) is 0.500. The molecular weight excluding hydrogens is 268 g/mol. The van der Waals surface area contributed by atoms with E-state index in [-0.39, 0.29) is 5.91 Å². The van der Waals surface area contributed by atoms with Crippen molar-refractivity contribution in [3.8, 4) is 0 Å². The topological polar surface area (TPSA) is 76.8 Å². The minimum atomic E-state index is -0.132. The lowest BCUT2D eigenvalue weighted by Crippen LogP contribution is -2.20. The number of fused-ring (bicyclic) bond motifs is 1. The van der Waals surface area contributed by atoms with E-state index < -0.39 is 0 Å². The number of hydrogen-bond acceptors (Lipinski definition) is 4. The molecule has 3 heterocycles. The Hall–Kier alpha value is -2.31. The van der Waals surface area contributed by atoms with Crippen LogP contribution in [0.15, 0.2) is 6.20 Å². The van der Waals surface area contributed by atoms with Crippen LogP contribution in [0.2, 0.25) is 0 Å². The second-order valence-corrected chi connectivity index (χ2v) is 5.23. The zero-order valence-electron chi connectivity index (χ0n) is 12.6. The van der Waals surface area contributed by atoms with E-state index in [1.54, 1.807) is 6.20 Å². The molecule has 2 N–H and O–H groups in total. The van der Waals surface area contributed by atoms with Crippen LogP contribution in [0, 0.1) is 13.8 Å². The molecule has 0 unspecified atom stereocenters. The number of carbonyl (C=O) groups excluding carboxylic acids is 1. The van der Waals surface area contributed by atoms with Gasteiger partial charge in [0.2, 0.25) is 0 Å². The molecule has 1 aliphatic rings. The van der Waals surface area contributed by atoms with Gasteiger partial charge in [0.05, 0.1) is 17.5 Å². The Morgan fingerprint density at radius 2 is 2.29 bits per heavy atom. The molecule has 0 saturated carbocycles. The number of anilines is 2. The highest BCUT2D eigenvalue weighted by molar-refractivity contribution is 6.07. The number of aryl methyl sites for hydroxylation is 3. The van der Waals surface area contributed by atoms with Gasteiger partial charge in [-0.15, -0.1) is 0 Å². The molecule has 21 heavy (non-hydrogen) atoms. The highest BCUT2D eigenvalue weighted by atomic mass is 16.1. The van der Waals surface area contributed by atoms with Crippen molar-refractivity contribution >= 4 is 17.4 Å². The molecule has 0 radical (unpaired) electrons. The first-order valence-electron chi connectivity index (χ1n) is 7.26. The second kappa shape index (κ2) is 5.23. The van der Waals surface area contributed by atoms with Gasteiger partial charge in [0.25, 0.3) is 5.91 Å². The highest BCUT2D eigenvalue weighted by Gasteiger charge is 2.21. The molecule has 0 bridgehead atoms. The first-order chi connectivity index (χ1) is 10.1. The maximum absolute atomic E-state index is 12.5. The predicted octanol–water partition coefficient (Wildman–Crippen LogP) is 1.78. The normalized spacial score (nSPS) is 13.7. The largest absolute Gasteiger partial charge is 0.368 e. The van der Waals surface area contributed by atoms with E-state index in [4.69, 9.17) is 0 Å². The SMILES string of the molecule is CCn1nc(C)c(C(=O)Nc2cnn3c2NCCC3)c1C. The number of hydrogen-bond donors (Lipinski definition) is 2. The van der Waals surface area contributed by atoms with Crippen molar-refractivity contribution in [2.75, 3.05) is 17.2 Å². The van der Waals surface area contributed by atoms with Gasteiger partial charge in [-0.05, 0) is 27.2 Å². The maximum Gasteiger partial charge on any atom is 0.259 e. The summed E-state index contributed by atoms with van der Waals surface area (Å²) in [6.45, 7) is 8.33. The molecule has 0 saturated heterocycles. The van der Waals surface area contributed by atoms with E-state index in [0.29, 0.717) is 5.56 Å². The van der Waals surface area contributed by atoms with Crippen LogP contribution in [-0.4, -0.2) is 32.0 Å². The van der Waals surface area contributed by atoms with Gasteiger partial charge in [-0.3, -0.25) is 9.48 Å². The summed E-state index contributed by atoms with van der Waals surface area (Å²) in [5.74, 6) is 0.751. The van der Waals surface area contributed by atoms with Gasteiger partial charge in [0.1, 0.15) is 11.5 Å². The van der Waals surface area contributed by atoms with E-state index in [2.05, 4.69) is 20.8 Å². The van der Waals surface area contributed by atoms with Crippen LogP contribution >= 0.6 is 0 Å². The Morgan fingerprint density at radius 1 is 1.48 bits per heavy atom. The standard InChI is InChI=1S/C14H20N6O/c1-4-19-10(3)12(9(2)18-19)14(21)17-11-8-16-20-7-5-6-15-13(11)20/h8,15H,4-7H2,1-3H3,(H,17,21). The van der Waals surface area contributed by atoms with Gasteiger partial charge in [0.15, 0.2) is 0 Å². The Balaban J connectivity index is 1.87. The van der Waals surface area contributed by atoms with Crippen molar-refractivity contribution in [2.45, 2.75) is 40.3 Å². The third-order valence-electron chi connectivity index (χ3n) is 3.83. The van der Waals surface area contributed by atoms with Gasteiger partial charge in [0, 0.05) is 25.3 Å². The van der Waals surface area contributed by atoms with Crippen LogP contribution in [-0.2, 0) is 13.1 Å². The summed E-state index contributed by atoms with van der Waals surface area (Å²) in [5.41, 5.74) is 3.01. The summed E-state index contributed by atoms with van der Waals surface area (Å²) < 4.78 is 3.73. The second-order valence-electron chi connectivity index (χ2n) is 5.23. The number of nitrogens with zero attached hydrogens (tertiary/aromatic N) is 4. The molecule has 0 aliphatic carbocycles. The maximum atomic E-state index is 12.5. The van der Waals surface area contributed by atoms with E-state index in [1.807, 2.05) is 30.1 Å². The van der Waals surface area contributed by atoms with E-state index in [1.165, 1.54) is 0 Å². The highest BCUT2D eigenvalue weighted by Crippen LogP contribution is 2.25. The van der Waals surface area contributed by atoms with E-state index in [9.17, 15) is 4.79 Å². The number of aromatic nitrogens is 4. The fourth-order valence-corrected chi connectivity index (χ4v) is 2.79. The lowest BCUT2D eigenvalue weighted by Gasteiger charge is -2.17. The van der Waals surface area contributed by atoms with Gasteiger partial charge in [-0.25, -0.2) is 4.68 Å². The first kappa shape index (κ1) is 13.7. The molecule has 7 heteroatoms. The van der Waals surface area contributed by atoms with Crippen LogP contribution in [0.5, 0.6) is 0 Å². The monoisotopic (exact) mass is 288 g/mol. The minimum absolute atomic E-state index is 0.132. The van der Waals surface area contributed by atoms with Crippen molar-refractivity contribution in [3.05, 3.63) is 23.1 Å². The van der Waals surface area contributed by atoms with Gasteiger partial charge in [-0.1, -0.05) is 0 Å². The summed E-state index contributed by atoms with van der Waals surface area (Å²) in [6, 6.07) is 0. The summed E-state index contributed by atoms with van der Waals surface area (Å²) in [7, 11) is 0. The lowest BCUT2D eigenvalue weighted by atomic mass is 10.2.